The van der Waals surface area contributed by atoms with Crippen molar-refractivity contribution in [3.8, 4) is 6.01 Å². The topological polar surface area (TPSA) is 35.0 Å². The average molecular weight is 227 g/mol. The maximum Gasteiger partial charge on any atom is 0.317 e. The molecule has 0 spiro atoms. The highest BCUT2D eigenvalue weighted by molar-refractivity contribution is 6.16. The zero-order valence-corrected chi connectivity index (χ0v) is 9.63. The number of hydrogen-bond donors (Lipinski definition) is 0. The van der Waals surface area contributed by atoms with Gasteiger partial charge in [-0.05, 0) is 38.7 Å². The number of halogens is 1. The van der Waals surface area contributed by atoms with Crippen LogP contribution in [0, 0.1) is 6.92 Å². The Morgan fingerprint density at radius 3 is 2.80 bits per heavy atom. The average Bonchev–Trinajstić information content (AvgIpc) is 2.69. The van der Waals surface area contributed by atoms with Crippen LogP contribution in [0.25, 0.3) is 0 Å². The van der Waals surface area contributed by atoms with Crippen LogP contribution in [0.2, 0.25) is 0 Å². The Balaban J connectivity index is 2.09. The summed E-state index contributed by atoms with van der Waals surface area (Å²) in [6.45, 7) is 1.93. The van der Waals surface area contributed by atoms with E-state index in [2.05, 4.69) is 9.97 Å². The van der Waals surface area contributed by atoms with Crippen molar-refractivity contribution in [2.24, 2.45) is 0 Å². The van der Waals surface area contributed by atoms with Gasteiger partial charge < -0.3 is 4.74 Å². The molecule has 1 fully saturated rings. The van der Waals surface area contributed by atoms with E-state index in [1.807, 2.05) is 13.0 Å². The third kappa shape index (κ3) is 2.81. The quantitative estimate of drug-likeness (QED) is 0.744. The molecule has 0 amide bonds. The van der Waals surface area contributed by atoms with E-state index < -0.39 is 0 Å². The van der Waals surface area contributed by atoms with E-state index in [0.29, 0.717) is 18.0 Å². The second-order valence-corrected chi connectivity index (χ2v) is 4.21. The molecule has 82 valence electrons. The third-order valence-corrected chi connectivity index (χ3v) is 2.87. The van der Waals surface area contributed by atoms with Crippen molar-refractivity contribution in [2.45, 2.75) is 44.6 Å². The molecule has 0 bridgehead atoms. The van der Waals surface area contributed by atoms with Crippen molar-refractivity contribution in [1.82, 2.24) is 9.97 Å². The van der Waals surface area contributed by atoms with Crippen LogP contribution in [0.4, 0.5) is 0 Å². The molecular formula is C11H15ClN2O. The maximum absolute atomic E-state index is 5.74. The number of hydrogen-bond acceptors (Lipinski definition) is 3. The highest BCUT2D eigenvalue weighted by atomic mass is 35.5. The molecule has 0 atom stereocenters. The second kappa shape index (κ2) is 4.79. The molecule has 0 saturated heterocycles. The first kappa shape index (κ1) is 10.7. The Bertz CT molecular complexity index is 337. The Kier molecular flexibility index (Phi) is 3.41. The van der Waals surface area contributed by atoms with E-state index in [1.165, 1.54) is 12.8 Å². The van der Waals surface area contributed by atoms with Crippen molar-refractivity contribution in [3.05, 3.63) is 17.5 Å². The number of aromatic nitrogens is 2. The minimum absolute atomic E-state index is 0.301. The molecule has 1 aliphatic rings. The largest absolute Gasteiger partial charge is 0.460 e. The molecule has 0 unspecified atom stereocenters. The molecule has 1 saturated carbocycles. The summed E-state index contributed by atoms with van der Waals surface area (Å²) in [7, 11) is 0. The summed E-state index contributed by atoms with van der Waals surface area (Å²) in [6, 6.07) is 2.37. The highest BCUT2D eigenvalue weighted by Gasteiger charge is 2.17. The maximum atomic E-state index is 5.74. The summed E-state index contributed by atoms with van der Waals surface area (Å²) in [5.41, 5.74) is 1.74. The fraction of sp³-hybridized carbons (Fsp3) is 0.636. The fourth-order valence-corrected chi connectivity index (χ4v) is 2.02. The van der Waals surface area contributed by atoms with E-state index in [4.69, 9.17) is 16.3 Å². The molecule has 0 aliphatic heterocycles. The number of ether oxygens (including phenoxy) is 1. The zero-order chi connectivity index (χ0) is 10.7. The lowest BCUT2D eigenvalue weighted by atomic mass is 10.3. The number of nitrogens with zero attached hydrogens (tertiary/aromatic N) is 2. The molecular weight excluding hydrogens is 212 g/mol. The number of aryl methyl sites for hydroxylation is 1. The van der Waals surface area contributed by atoms with Gasteiger partial charge in [-0.3, -0.25) is 0 Å². The molecule has 1 aromatic rings. The van der Waals surface area contributed by atoms with E-state index in [9.17, 15) is 0 Å². The van der Waals surface area contributed by atoms with Crippen molar-refractivity contribution in [3.63, 3.8) is 0 Å². The lowest BCUT2D eigenvalue weighted by Crippen LogP contribution is -2.13. The van der Waals surface area contributed by atoms with Crippen LogP contribution in [-0.4, -0.2) is 16.1 Å². The van der Waals surface area contributed by atoms with Crippen LogP contribution < -0.4 is 4.74 Å². The van der Waals surface area contributed by atoms with Gasteiger partial charge in [-0.1, -0.05) is 0 Å². The van der Waals surface area contributed by atoms with Gasteiger partial charge in [0.15, 0.2) is 0 Å². The molecule has 3 nitrogen and oxygen atoms in total. The van der Waals surface area contributed by atoms with Gasteiger partial charge in [-0.15, -0.1) is 11.6 Å². The SMILES string of the molecule is Cc1cc(CCl)nc(OC2CCCC2)n1. The van der Waals surface area contributed by atoms with E-state index in [0.717, 1.165) is 24.2 Å². The minimum atomic E-state index is 0.301. The van der Waals surface area contributed by atoms with Gasteiger partial charge in [0.25, 0.3) is 0 Å². The molecule has 2 rings (SSSR count). The van der Waals surface area contributed by atoms with Gasteiger partial charge >= 0.3 is 6.01 Å². The van der Waals surface area contributed by atoms with Gasteiger partial charge in [0.2, 0.25) is 0 Å². The molecule has 0 N–H and O–H groups in total. The molecule has 0 aromatic carbocycles. The minimum Gasteiger partial charge on any atom is -0.460 e. The van der Waals surface area contributed by atoms with Crippen molar-refractivity contribution in [2.75, 3.05) is 0 Å². The van der Waals surface area contributed by atoms with Gasteiger partial charge in [-0.25, -0.2) is 4.98 Å². The third-order valence-electron chi connectivity index (χ3n) is 2.60. The number of alkyl halides is 1. The smallest absolute Gasteiger partial charge is 0.317 e. The summed E-state index contributed by atoms with van der Waals surface area (Å²) in [4.78, 5) is 8.50. The lowest BCUT2D eigenvalue weighted by molar-refractivity contribution is 0.191. The van der Waals surface area contributed by atoms with Crippen LogP contribution in [0.3, 0.4) is 0 Å². The van der Waals surface area contributed by atoms with Crippen molar-refractivity contribution < 1.29 is 4.74 Å². The monoisotopic (exact) mass is 226 g/mol. The Hall–Kier alpha value is -0.830. The summed E-state index contributed by atoms with van der Waals surface area (Å²) >= 11 is 5.74. The van der Waals surface area contributed by atoms with Gasteiger partial charge in [-0.2, -0.15) is 4.98 Å². The highest BCUT2D eigenvalue weighted by Crippen LogP contribution is 2.22. The second-order valence-electron chi connectivity index (χ2n) is 3.94. The van der Waals surface area contributed by atoms with Gasteiger partial charge in [0.1, 0.15) is 6.10 Å². The van der Waals surface area contributed by atoms with Crippen LogP contribution in [0.5, 0.6) is 6.01 Å². The normalized spacial score (nSPS) is 16.9. The van der Waals surface area contributed by atoms with Gasteiger partial charge in [0.05, 0.1) is 11.6 Å². The number of rotatable bonds is 3. The van der Waals surface area contributed by atoms with E-state index in [-0.39, 0.29) is 0 Å². The van der Waals surface area contributed by atoms with Crippen LogP contribution in [0.15, 0.2) is 6.07 Å². The van der Waals surface area contributed by atoms with Gasteiger partial charge in [0, 0.05) is 5.69 Å². The van der Waals surface area contributed by atoms with Crippen molar-refractivity contribution in [1.29, 1.82) is 0 Å². The Labute approximate surface area is 94.8 Å². The summed E-state index contributed by atoms with van der Waals surface area (Å²) < 4.78 is 5.72. The molecule has 1 heterocycles. The predicted octanol–water partition coefficient (Wildman–Crippen LogP) is 2.85. The first-order valence-electron chi connectivity index (χ1n) is 5.35. The molecule has 4 heteroatoms. The summed E-state index contributed by atoms with van der Waals surface area (Å²) in [6.07, 6.45) is 5.04. The fourth-order valence-electron chi connectivity index (χ4n) is 1.88. The Morgan fingerprint density at radius 1 is 1.40 bits per heavy atom. The molecule has 1 aromatic heterocycles. The van der Waals surface area contributed by atoms with Crippen LogP contribution in [-0.2, 0) is 5.88 Å². The molecule has 15 heavy (non-hydrogen) atoms. The first-order chi connectivity index (χ1) is 7.28. The van der Waals surface area contributed by atoms with Crippen LogP contribution >= 0.6 is 11.6 Å². The first-order valence-corrected chi connectivity index (χ1v) is 5.88. The Morgan fingerprint density at radius 2 is 2.13 bits per heavy atom. The molecule has 1 aliphatic carbocycles. The van der Waals surface area contributed by atoms with Crippen LogP contribution in [0.1, 0.15) is 37.1 Å². The predicted molar refractivity (Wildman–Crippen MR) is 59.2 cm³/mol. The van der Waals surface area contributed by atoms with E-state index >= 15 is 0 Å². The summed E-state index contributed by atoms with van der Waals surface area (Å²) in [5.74, 6) is 0.407. The standard InChI is InChI=1S/C11H15ClN2O/c1-8-6-9(7-12)14-11(13-8)15-10-4-2-3-5-10/h6,10H,2-5,7H2,1H3. The lowest BCUT2D eigenvalue weighted by Gasteiger charge is -2.11. The summed E-state index contributed by atoms with van der Waals surface area (Å²) in [5, 5.41) is 0. The van der Waals surface area contributed by atoms with Crippen molar-refractivity contribution >= 4 is 11.6 Å². The van der Waals surface area contributed by atoms with E-state index in [1.54, 1.807) is 0 Å². The zero-order valence-electron chi connectivity index (χ0n) is 8.87. The molecule has 0 radical (unpaired) electrons.